The van der Waals surface area contributed by atoms with Gasteiger partial charge in [0.05, 0.1) is 0 Å². The summed E-state index contributed by atoms with van der Waals surface area (Å²) in [6.45, 7) is 4.81. The molecule has 0 radical (unpaired) electrons. The minimum Gasteiger partial charge on any atom is -0.344 e. The van der Waals surface area contributed by atoms with Gasteiger partial charge in [-0.2, -0.15) is 5.05 Å². The second kappa shape index (κ2) is 22.4. The van der Waals surface area contributed by atoms with Crippen molar-refractivity contribution in [1.29, 1.82) is 0 Å². The van der Waals surface area contributed by atoms with E-state index in [0.29, 0.717) is 3.54 Å². The van der Waals surface area contributed by atoms with Gasteiger partial charge in [0.25, 0.3) is 0 Å². The highest BCUT2D eigenvalue weighted by Crippen LogP contribution is 2.29. The van der Waals surface area contributed by atoms with Gasteiger partial charge in [-0.1, -0.05) is 159 Å². The minimum absolute atomic E-state index is 0. The fourth-order valence-corrected chi connectivity index (χ4v) is 5.68. The first-order valence-electron chi connectivity index (χ1n) is 12.8. The second-order valence-electron chi connectivity index (χ2n) is 9.33. The molecule has 0 spiro atoms. The van der Waals surface area contributed by atoms with Crippen LogP contribution in [0.5, 0.6) is 0 Å². The number of hydrogen-bond donors (Lipinski definition) is 1. The maximum Gasteiger partial charge on any atom is 0.376 e. The molecule has 0 aliphatic heterocycles. The molecule has 3 N–H and O–H groups in total. The van der Waals surface area contributed by atoms with Crippen LogP contribution in [-0.2, 0) is 3.54 Å². The summed E-state index contributed by atoms with van der Waals surface area (Å²) < 4.78 is 0.511. The van der Waals surface area contributed by atoms with E-state index in [2.05, 4.69) is 49.2 Å². The standard InChI is InChI=1S/C26H45.CH3.ClH.Mg.H3N/c1-3-4-5-6-7-8-9-10-11-12-13-14-15-16-17-19-22-25(2)26-23-20-18-21-24-26;;;;/h18,20-21,23-24H,3-17,19,22H2,1-2H3;1H3;1H;;1H3. The summed E-state index contributed by atoms with van der Waals surface area (Å²) in [5, 5.41) is 2.49. The monoisotopic (exact) mass is 449 g/mol. The van der Waals surface area contributed by atoms with E-state index in [1.54, 1.807) is 5.56 Å². The van der Waals surface area contributed by atoms with Crippen LogP contribution in [0.2, 0.25) is 5.05 Å². The van der Waals surface area contributed by atoms with E-state index in [4.69, 9.17) is 0 Å². The van der Waals surface area contributed by atoms with Crippen molar-refractivity contribution in [3.05, 3.63) is 35.9 Å². The average Bonchev–Trinajstić information content (AvgIpc) is 2.74. The first kappa shape index (κ1) is 32.4. The van der Waals surface area contributed by atoms with Gasteiger partial charge < -0.3 is 6.15 Å². The Hall–Kier alpha value is 0.236. The SMILES string of the molecule is CCCCCCCCCCCCCCCCCC[C](C)([Mg][CH3])c1ccccc1.Cl.N. The fourth-order valence-electron chi connectivity index (χ4n) is 4.43. The highest BCUT2D eigenvalue weighted by atomic mass is 35.5. The molecule has 1 rings (SSSR count). The summed E-state index contributed by atoms with van der Waals surface area (Å²) in [5.74, 6) is 0. The van der Waals surface area contributed by atoms with Crippen LogP contribution >= 0.6 is 12.4 Å². The lowest BCUT2D eigenvalue weighted by Crippen LogP contribution is -2.27. The van der Waals surface area contributed by atoms with Gasteiger partial charge in [-0.05, 0) is 0 Å². The minimum atomic E-state index is -0.0326. The van der Waals surface area contributed by atoms with Crippen LogP contribution in [0, 0.1) is 0 Å². The second-order valence-corrected chi connectivity index (χ2v) is 11.6. The lowest BCUT2D eigenvalue weighted by molar-refractivity contribution is 0.506. The maximum absolute atomic E-state index is 2.51. The molecule has 0 amide bonds. The Balaban J connectivity index is 0. The number of rotatable bonds is 19. The Labute approximate surface area is 205 Å². The lowest BCUT2D eigenvalue weighted by atomic mass is 9.93. The molecule has 1 unspecified atom stereocenters. The van der Waals surface area contributed by atoms with E-state index in [0.717, 1.165) is 0 Å². The molecule has 0 saturated heterocycles. The predicted octanol–water partition coefficient (Wildman–Crippen LogP) is 9.89. The first-order chi connectivity index (χ1) is 13.7. The Morgan fingerprint density at radius 1 is 0.633 bits per heavy atom. The molecule has 1 aromatic rings. The number of benzene rings is 1. The molecule has 1 nitrogen and oxygen atoms in total. The van der Waals surface area contributed by atoms with Crippen LogP contribution in [-0.4, -0.2) is 20.4 Å². The van der Waals surface area contributed by atoms with Crippen molar-refractivity contribution in [2.75, 3.05) is 0 Å². The number of unbranched alkanes of at least 4 members (excludes halogenated alkanes) is 15. The Morgan fingerprint density at radius 3 is 1.37 bits per heavy atom. The Morgan fingerprint density at radius 2 is 1.00 bits per heavy atom. The van der Waals surface area contributed by atoms with E-state index in [9.17, 15) is 0 Å². The van der Waals surface area contributed by atoms with Crippen LogP contribution in [0.1, 0.15) is 129 Å². The zero-order valence-electron chi connectivity index (χ0n) is 20.7. The normalized spacial score (nSPS) is 12.4. The molecule has 0 aliphatic carbocycles. The van der Waals surface area contributed by atoms with E-state index < -0.39 is 0 Å². The molecular formula is C27H52ClMgN. The first-order valence-corrected chi connectivity index (χ1v) is 14.9. The molecule has 0 fully saturated rings. The van der Waals surface area contributed by atoms with Crippen molar-refractivity contribution in [1.82, 2.24) is 6.15 Å². The largest absolute Gasteiger partial charge is 0.376 e. The van der Waals surface area contributed by atoms with Crippen LogP contribution in [0.25, 0.3) is 0 Å². The van der Waals surface area contributed by atoms with Gasteiger partial charge in [0.15, 0.2) is 0 Å². The summed E-state index contributed by atoms with van der Waals surface area (Å²) in [4.78, 5) is 0. The Bertz CT molecular complexity index is 453. The van der Waals surface area contributed by atoms with Crippen molar-refractivity contribution in [3.8, 4) is 0 Å². The molecule has 0 aliphatic rings. The Kier molecular flexibility index (Phi) is 24.2. The molecular weight excluding hydrogens is 398 g/mol. The van der Waals surface area contributed by atoms with E-state index in [1.807, 2.05) is 0 Å². The quantitative estimate of drug-likeness (QED) is 0.165. The topological polar surface area (TPSA) is 35.0 Å². The third-order valence-electron chi connectivity index (χ3n) is 6.83. The average molecular weight is 450 g/mol. The summed E-state index contributed by atoms with van der Waals surface area (Å²) in [6.07, 6.45) is 24.7. The van der Waals surface area contributed by atoms with Gasteiger partial charge in [-0.15, -0.1) is 16.0 Å². The zero-order valence-corrected chi connectivity index (χ0v) is 23.0. The molecule has 1 aromatic carbocycles. The number of halogens is 1. The van der Waals surface area contributed by atoms with Crippen LogP contribution < -0.4 is 6.15 Å². The predicted molar refractivity (Wildman–Crippen MR) is 142 cm³/mol. The van der Waals surface area contributed by atoms with Crippen molar-refractivity contribution < 1.29 is 0 Å². The summed E-state index contributed by atoms with van der Waals surface area (Å²) in [6, 6.07) is 11.3. The van der Waals surface area contributed by atoms with Gasteiger partial charge in [0.2, 0.25) is 0 Å². The van der Waals surface area contributed by atoms with E-state index in [-0.39, 0.29) is 38.9 Å². The molecule has 1 atom stereocenters. The van der Waals surface area contributed by atoms with Gasteiger partial charge in [-0.25, -0.2) is 0 Å². The molecule has 0 saturated carbocycles. The summed E-state index contributed by atoms with van der Waals surface area (Å²) >= 11 is -0.0326. The zero-order chi connectivity index (χ0) is 20.3. The van der Waals surface area contributed by atoms with Crippen molar-refractivity contribution in [3.63, 3.8) is 0 Å². The molecule has 0 aromatic heterocycles. The summed E-state index contributed by atoms with van der Waals surface area (Å²) in [7, 11) is 0. The summed E-state index contributed by atoms with van der Waals surface area (Å²) in [5.41, 5.74) is 1.59. The third kappa shape index (κ3) is 16.0. The van der Waals surface area contributed by atoms with Gasteiger partial charge in [-0.3, -0.25) is 0 Å². The van der Waals surface area contributed by atoms with Gasteiger partial charge >= 0.3 is 20.4 Å². The van der Waals surface area contributed by atoms with Gasteiger partial charge in [0.1, 0.15) is 0 Å². The van der Waals surface area contributed by atoms with Gasteiger partial charge in [0, 0.05) is 0 Å². The third-order valence-corrected chi connectivity index (χ3v) is 9.16. The highest BCUT2D eigenvalue weighted by Gasteiger charge is 2.24. The number of hydrogen-bond acceptors (Lipinski definition) is 1. The van der Waals surface area contributed by atoms with E-state index in [1.165, 1.54) is 109 Å². The van der Waals surface area contributed by atoms with E-state index >= 15 is 0 Å². The molecule has 30 heavy (non-hydrogen) atoms. The maximum atomic E-state index is 2.51. The smallest absolute Gasteiger partial charge is 0.344 e. The van der Waals surface area contributed by atoms with Crippen molar-refractivity contribution in [2.24, 2.45) is 0 Å². The molecule has 174 valence electrons. The molecule has 0 heterocycles. The van der Waals surface area contributed by atoms with Crippen LogP contribution in [0.15, 0.2) is 30.3 Å². The lowest BCUT2D eigenvalue weighted by Gasteiger charge is -2.29. The van der Waals surface area contributed by atoms with Crippen molar-refractivity contribution >= 4 is 32.8 Å². The van der Waals surface area contributed by atoms with Crippen LogP contribution in [0.3, 0.4) is 0 Å². The molecule has 3 heteroatoms. The highest BCUT2D eigenvalue weighted by molar-refractivity contribution is 6.38. The molecule has 0 bridgehead atoms. The van der Waals surface area contributed by atoms with Crippen LogP contribution in [0.4, 0.5) is 0 Å². The fraction of sp³-hybridized carbons (Fsp3) is 0.778. The van der Waals surface area contributed by atoms with Crippen molar-refractivity contribution in [2.45, 2.75) is 132 Å².